The molecule has 1 amide bonds. The summed E-state index contributed by atoms with van der Waals surface area (Å²) < 4.78 is 0. The van der Waals surface area contributed by atoms with E-state index in [2.05, 4.69) is 9.97 Å². The smallest absolute Gasteiger partial charge is 0.411 e. The maximum atomic E-state index is 11.4. The predicted molar refractivity (Wildman–Crippen MR) is 91.4 cm³/mol. The minimum Gasteiger partial charge on any atom is -0.465 e. The Morgan fingerprint density at radius 1 is 1.04 bits per heavy atom. The first kappa shape index (κ1) is 17.5. The Hall–Kier alpha value is -1.85. The molecule has 0 unspecified atom stereocenters. The molecule has 2 aromatic rings. The summed E-state index contributed by atoms with van der Waals surface area (Å²) in [5.74, 6) is 0.809. The molecule has 0 saturated heterocycles. The summed E-state index contributed by atoms with van der Waals surface area (Å²) in [4.78, 5) is 21.0. The highest BCUT2D eigenvalue weighted by atomic mass is 35.5. The van der Waals surface area contributed by atoms with E-state index >= 15 is 0 Å². The molecule has 0 saturated carbocycles. The van der Waals surface area contributed by atoms with Crippen LogP contribution in [-0.2, 0) is 6.42 Å². The normalized spacial score (nSPS) is 10.5. The van der Waals surface area contributed by atoms with E-state index in [0.29, 0.717) is 22.3 Å². The molecule has 1 aromatic heterocycles. The minimum absolute atomic E-state index is 0.391. The number of benzene rings is 1. The summed E-state index contributed by atoms with van der Waals surface area (Å²) in [5.41, 5.74) is 0.487. The molecule has 1 N–H and O–H groups in total. The number of carbonyl (C=O) groups is 1. The van der Waals surface area contributed by atoms with Crippen molar-refractivity contribution in [2.24, 2.45) is 0 Å². The van der Waals surface area contributed by atoms with Crippen LogP contribution >= 0.6 is 23.2 Å². The maximum absolute atomic E-state index is 11.4. The van der Waals surface area contributed by atoms with Crippen molar-refractivity contribution in [2.45, 2.75) is 25.7 Å². The number of anilines is 1. The third kappa shape index (κ3) is 5.69. The number of aryl methyl sites for hydroxylation is 1. The van der Waals surface area contributed by atoms with Gasteiger partial charge in [0.15, 0.2) is 0 Å². The number of nitrogens with zero attached hydrogens (tertiary/aromatic N) is 3. The summed E-state index contributed by atoms with van der Waals surface area (Å²) in [6, 6.07) is 6.55. The zero-order valence-electron chi connectivity index (χ0n) is 12.5. The molecule has 122 valence electrons. The van der Waals surface area contributed by atoms with E-state index in [0.717, 1.165) is 31.5 Å². The summed E-state index contributed by atoms with van der Waals surface area (Å²) in [6.45, 7) is 0.391. The van der Waals surface area contributed by atoms with Gasteiger partial charge in [-0.05, 0) is 37.1 Å². The molecule has 0 atom stereocenters. The first-order valence-corrected chi connectivity index (χ1v) is 8.04. The van der Waals surface area contributed by atoms with Crippen molar-refractivity contribution in [3.05, 3.63) is 52.5 Å². The SMILES string of the molecule is O=C(O)N(CCCCCc1ncccn1)c1cc(Cl)cc(Cl)c1. The number of halogens is 2. The lowest BCUT2D eigenvalue weighted by atomic mass is 10.1. The monoisotopic (exact) mass is 353 g/mol. The van der Waals surface area contributed by atoms with E-state index in [-0.39, 0.29) is 0 Å². The van der Waals surface area contributed by atoms with Crippen LogP contribution in [0.1, 0.15) is 25.1 Å². The number of hydrogen-bond donors (Lipinski definition) is 1. The van der Waals surface area contributed by atoms with E-state index in [1.807, 2.05) is 0 Å². The van der Waals surface area contributed by atoms with Crippen LogP contribution in [0.4, 0.5) is 10.5 Å². The highest BCUT2D eigenvalue weighted by Gasteiger charge is 2.15. The second-order valence-corrected chi connectivity index (χ2v) is 5.91. The number of carboxylic acid groups (broad SMARTS) is 1. The maximum Gasteiger partial charge on any atom is 0.411 e. The van der Waals surface area contributed by atoms with Crippen molar-refractivity contribution in [1.82, 2.24) is 9.97 Å². The lowest BCUT2D eigenvalue weighted by Gasteiger charge is -2.19. The Labute approximate surface area is 144 Å². The zero-order chi connectivity index (χ0) is 16.7. The Balaban J connectivity index is 1.84. The Morgan fingerprint density at radius 3 is 2.30 bits per heavy atom. The molecule has 0 aliphatic rings. The summed E-state index contributed by atoms with van der Waals surface area (Å²) in [7, 11) is 0. The lowest BCUT2D eigenvalue weighted by molar-refractivity contribution is 0.201. The molecule has 0 aliphatic carbocycles. The van der Waals surface area contributed by atoms with Gasteiger partial charge in [0.05, 0.1) is 0 Å². The van der Waals surface area contributed by atoms with Gasteiger partial charge in [-0.2, -0.15) is 0 Å². The standard InChI is InChI=1S/C16H17Cl2N3O2/c17-12-9-13(18)11-14(10-12)21(16(22)23)8-3-1-2-5-15-19-6-4-7-20-15/h4,6-7,9-11H,1-3,5,8H2,(H,22,23). The topological polar surface area (TPSA) is 66.3 Å². The molecule has 7 heteroatoms. The quantitative estimate of drug-likeness (QED) is 0.733. The van der Waals surface area contributed by atoms with Crippen molar-refractivity contribution in [3.63, 3.8) is 0 Å². The third-order valence-electron chi connectivity index (χ3n) is 3.29. The van der Waals surface area contributed by atoms with Gasteiger partial charge in [-0.3, -0.25) is 4.90 Å². The van der Waals surface area contributed by atoms with E-state index in [4.69, 9.17) is 23.2 Å². The molecule has 1 aromatic carbocycles. The van der Waals surface area contributed by atoms with Crippen LogP contribution in [0.15, 0.2) is 36.7 Å². The van der Waals surface area contributed by atoms with Crippen LogP contribution in [0.3, 0.4) is 0 Å². The molecule has 0 fully saturated rings. The van der Waals surface area contributed by atoms with Crippen LogP contribution in [0.25, 0.3) is 0 Å². The van der Waals surface area contributed by atoms with Gasteiger partial charge in [0.2, 0.25) is 0 Å². The number of unbranched alkanes of at least 4 members (excludes halogenated alkanes) is 2. The molecular weight excluding hydrogens is 337 g/mol. The van der Waals surface area contributed by atoms with Crippen LogP contribution in [0.5, 0.6) is 0 Å². The van der Waals surface area contributed by atoms with Crippen LogP contribution in [-0.4, -0.2) is 27.7 Å². The zero-order valence-corrected chi connectivity index (χ0v) is 14.0. The van der Waals surface area contributed by atoms with Gasteiger partial charge in [-0.15, -0.1) is 0 Å². The number of hydrogen-bond acceptors (Lipinski definition) is 3. The highest BCUT2D eigenvalue weighted by Crippen LogP contribution is 2.26. The molecule has 0 spiro atoms. The van der Waals surface area contributed by atoms with Gasteiger partial charge in [0.25, 0.3) is 0 Å². The Kier molecular flexibility index (Phi) is 6.62. The van der Waals surface area contributed by atoms with Crippen LogP contribution in [0.2, 0.25) is 10.0 Å². The van der Waals surface area contributed by atoms with Gasteiger partial charge < -0.3 is 5.11 Å². The van der Waals surface area contributed by atoms with Gasteiger partial charge in [0.1, 0.15) is 5.82 Å². The Bertz CT molecular complexity index is 633. The summed E-state index contributed by atoms with van der Waals surface area (Å²) >= 11 is 11.9. The van der Waals surface area contributed by atoms with Crippen molar-refractivity contribution in [2.75, 3.05) is 11.4 Å². The van der Waals surface area contributed by atoms with E-state index < -0.39 is 6.09 Å². The average molecular weight is 354 g/mol. The van der Waals surface area contributed by atoms with E-state index in [1.165, 1.54) is 4.90 Å². The Morgan fingerprint density at radius 2 is 1.70 bits per heavy atom. The molecule has 1 heterocycles. The van der Waals surface area contributed by atoms with Crippen molar-refractivity contribution in [3.8, 4) is 0 Å². The largest absolute Gasteiger partial charge is 0.465 e. The second kappa shape index (κ2) is 8.70. The van der Waals surface area contributed by atoms with Gasteiger partial charge in [-0.1, -0.05) is 29.6 Å². The summed E-state index contributed by atoms with van der Waals surface area (Å²) in [5, 5.41) is 10.2. The number of amides is 1. The fourth-order valence-electron chi connectivity index (χ4n) is 2.22. The number of rotatable bonds is 7. The van der Waals surface area contributed by atoms with Gasteiger partial charge in [-0.25, -0.2) is 14.8 Å². The fraction of sp³-hybridized carbons (Fsp3) is 0.312. The van der Waals surface area contributed by atoms with Crippen molar-refractivity contribution in [1.29, 1.82) is 0 Å². The summed E-state index contributed by atoms with van der Waals surface area (Å²) in [6.07, 6.45) is 5.74. The highest BCUT2D eigenvalue weighted by molar-refractivity contribution is 6.35. The minimum atomic E-state index is -1.02. The van der Waals surface area contributed by atoms with E-state index in [1.54, 1.807) is 36.7 Å². The number of aromatic nitrogens is 2. The molecule has 5 nitrogen and oxygen atoms in total. The molecule has 0 bridgehead atoms. The predicted octanol–water partition coefficient (Wildman–Crippen LogP) is 4.68. The first-order valence-electron chi connectivity index (χ1n) is 7.29. The molecular formula is C16H17Cl2N3O2. The van der Waals surface area contributed by atoms with Crippen molar-refractivity contribution < 1.29 is 9.90 Å². The van der Waals surface area contributed by atoms with Crippen molar-refractivity contribution >= 4 is 35.0 Å². The second-order valence-electron chi connectivity index (χ2n) is 5.04. The van der Waals surface area contributed by atoms with Gasteiger partial charge in [0, 0.05) is 41.1 Å². The van der Waals surface area contributed by atoms with Gasteiger partial charge >= 0.3 is 6.09 Å². The lowest BCUT2D eigenvalue weighted by Crippen LogP contribution is -2.30. The van der Waals surface area contributed by atoms with Crippen LogP contribution < -0.4 is 4.90 Å². The average Bonchev–Trinajstić information content (AvgIpc) is 2.50. The molecule has 0 aliphatic heterocycles. The third-order valence-corrected chi connectivity index (χ3v) is 3.73. The first-order chi connectivity index (χ1) is 11.1. The molecule has 23 heavy (non-hydrogen) atoms. The van der Waals surface area contributed by atoms with E-state index in [9.17, 15) is 9.90 Å². The van der Waals surface area contributed by atoms with Crippen LogP contribution in [0, 0.1) is 0 Å². The molecule has 2 rings (SSSR count). The molecule has 0 radical (unpaired) electrons. The fourth-order valence-corrected chi connectivity index (χ4v) is 2.73.